The zero-order chi connectivity index (χ0) is 13.8. The van der Waals surface area contributed by atoms with Gasteiger partial charge >= 0.3 is 0 Å². The van der Waals surface area contributed by atoms with Crippen LogP contribution in [0.4, 0.5) is 0 Å². The third-order valence-electron chi connectivity index (χ3n) is 3.59. The van der Waals surface area contributed by atoms with Crippen molar-refractivity contribution < 1.29 is 0 Å². The van der Waals surface area contributed by atoms with E-state index < -0.39 is 0 Å². The van der Waals surface area contributed by atoms with Gasteiger partial charge in [0.2, 0.25) is 0 Å². The van der Waals surface area contributed by atoms with Crippen molar-refractivity contribution in [3.8, 4) is 0 Å². The minimum atomic E-state index is 0.578. The van der Waals surface area contributed by atoms with Gasteiger partial charge in [-0.25, -0.2) is 4.98 Å². The predicted octanol–water partition coefficient (Wildman–Crippen LogP) is 1.44. The summed E-state index contributed by atoms with van der Waals surface area (Å²) in [5, 5.41) is 4.70. The van der Waals surface area contributed by atoms with Crippen molar-refractivity contribution in [2.45, 2.75) is 46.2 Å². The Balaban J connectivity index is 2.20. The predicted molar refractivity (Wildman–Crippen MR) is 75.8 cm³/mol. The van der Waals surface area contributed by atoms with Crippen molar-refractivity contribution in [1.82, 2.24) is 19.3 Å². The summed E-state index contributed by atoms with van der Waals surface area (Å²) in [5.41, 5.74) is 9.50. The number of nitrogens with two attached hydrogens (primary N) is 1. The summed E-state index contributed by atoms with van der Waals surface area (Å²) in [6.07, 6.45) is 6.62. The van der Waals surface area contributed by atoms with Crippen LogP contribution in [0.1, 0.15) is 36.6 Å². The first-order valence-corrected chi connectivity index (χ1v) is 6.94. The second-order valence-electron chi connectivity index (χ2n) is 4.71. The highest BCUT2D eigenvalue weighted by Gasteiger charge is 2.14. The Morgan fingerprint density at radius 2 is 2.05 bits per heavy atom. The molecule has 0 spiro atoms. The zero-order valence-electron chi connectivity index (χ0n) is 12.1. The van der Waals surface area contributed by atoms with Crippen LogP contribution in [0, 0.1) is 0 Å². The fraction of sp³-hybridized carbons (Fsp3) is 0.571. The number of aromatic nitrogens is 4. The fourth-order valence-electron chi connectivity index (χ4n) is 2.53. The molecule has 5 heteroatoms. The van der Waals surface area contributed by atoms with Crippen molar-refractivity contribution in [1.29, 1.82) is 0 Å². The quantitative estimate of drug-likeness (QED) is 0.856. The lowest BCUT2D eigenvalue weighted by Crippen LogP contribution is -2.10. The van der Waals surface area contributed by atoms with E-state index in [9.17, 15) is 0 Å². The van der Waals surface area contributed by atoms with Gasteiger partial charge in [-0.2, -0.15) is 5.10 Å². The molecule has 19 heavy (non-hydrogen) atoms. The number of imidazole rings is 1. The molecular formula is C14H23N5. The molecular weight excluding hydrogens is 238 g/mol. The third-order valence-corrected chi connectivity index (χ3v) is 3.59. The molecule has 0 bridgehead atoms. The maximum atomic E-state index is 5.86. The Bertz CT molecular complexity index is 538. The lowest BCUT2D eigenvalue weighted by Gasteiger charge is -2.07. The lowest BCUT2D eigenvalue weighted by atomic mass is 10.1. The van der Waals surface area contributed by atoms with Gasteiger partial charge in [-0.3, -0.25) is 4.68 Å². The molecule has 0 aliphatic carbocycles. The average molecular weight is 261 g/mol. The summed E-state index contributed by atoms with van der Waals surface area (Å²) in [6.45, 7) is 5.73. The molecule has 0 aliphatic heterocycles. The fourth-order valence-corrected chi connectivity index (χ4v) is 2.53. The SMILES string of the molecule is CCc1nn(CCc2nccn2C)c(CC)c1CN. The standard InChI is InChI=1S/C14H23N5/c1-4-12-11(10-15)13(5-2)19(17-12)8-6-14-16-7-9-18(14)3/h7,9H,4-6,8,10,15H2,1-3H3. The molecule has 2 aromatic rings. The molecule has 2 rings (SSSR count). The Morgan fingerprint density at radius 3 is 2.58 bits per heavy atom. The monoisotopic (exact) mass is 261 g/mol. The van der Waals surface area contributed by atoms with E-state index >= 15 is 0 Å². The summed E-state index contributed by atoms with van der Waals surface area (Å²) >= 11 is 0. The molecule has 2 heterocycles. The first-order valence-electron chi connectivity index (χ1n) is 6.94. The van der Waals surface area contributed by atoms with E-state index in [1.165, 1.54) is 11.3 Å². The number of hydrogen-bond acceptors (Lipinski definition) is 3. The summed E-state index contributed by atoms with van der Waals surface area (Å²) in [6, 6.07) is 0. The van der Waals surface area contributed by atoms with Crippen LogP contribution in [0.25, 0.3) is 0 Å². The largest absolute Gasteiger partial charge is 0.338 e. The normalized spacial score (nSPS) is 11.2. The molecule has 0 amide bonds. The van der Waals surface area contributed by atoms with E-state index in [-0.39, 0.29) is 0 Å². The average Bonchev–Trinajstić information content (AvgIpc) is 2.98. The Kier molecular flexibility index (Phi) is 4.37. The highest BCUT2D eigenvalue weighted by molar-refractivity contribution is 5.26. The Morgan fingerprint density at radius 1 is 1.26 bits per heavy atom. The van der Waals surface area contributed by atoms with Crippen molar-refractivity contribution in [2.24, 2.45) is 12.8 Å². The maximum Gasteiger partial charge on any atom is 0.110 e. The van der Waals surface area contributed by atoms with Crippen molar-refractivity contribution in [3.05, 3.63) is 35.2 Å². The van der Waals surface area contributed by atoms with E-state index in [1.54, 1.807) is 0 Å². The molecule has 0 radical (unpaired) electrons. The van der Waals surface area contributed by atoms with Crippen molar-refractivity contribution >= 4 is 0 Å². The number of aryl methyl sites for hydroxylation is 4. The van der Waals surface area contributed by atoms with Gasteiger partial charge in [-0.05, 0) is 12.8 Å². The van der Waals surface area contributed by atoms with Gasteiger partial charge in [0, 0.05) is 50.2 Å². The van der Waals surface area contributed by atoms with Crippen LogP contribution in [-0.2, 0) is 39.4 Å². The summed E-state index contributed by atoms with van der Waals surface area (Å²) in [5.74, 6) is 1.09. The van der Waals surface area contributed by atoms with E-state index in [1.807, 2.05) is 19.4 Å². The maximum absolute atomic E-state index is 5.86. The van der Waals surface area contributed by atoms with Crippen LogP contribution < -0.4 is 5.73 Å². The molecule has 0 aromatic carbocycles. The minimum absolute atomic E-state index is 0.578. The summed E-state index contributed by atoms with van der Waals surface area (Å²) in [4.78, 5) is 4.35. The van der Waals surface area contributed by atoms with E-state index in [0.29, 0.717) is 6.54 Å². The molecule has 2 aromatic heterocycles. The van der Waals surface area contributed by atoms with Crippen molar-refractivity contribution in [2.75, 3.05) is 0 Å². The van der Waals surface area contributed by atoms with E-state index in [4.69, 9.17) is 10.8 Å². The molecule has 0 unspecified atom stereocenters. The molecule has 0 atom stereocenters. The van der Waals surface area contributed by atoms with Crippen LogP contribution in [0.15, 0.2) is 12.4 Å². The molecule has 0 saturated heterocycles. The summed E-state index contributed by atoms with van der Waals surface area (Å²) in [7, 11) is 2.02. The van der Waals surface area contributed by atoms with Crippen LogP contribution in [0.2, 0.25) is 0 Å². The molecule has 2 N–H and O–H groups in total. The van der Waals surface area contributed by atoms with Gasteiger partial charge in [0.25, 0.3) is 0 Å². The second kappa shape index (κ2) is 6.02. The highest BCUT2D eigenvalue weighted by atomic mass is 15.3. The van der Waals surface area contributed by atoms with Gasteiger partial charge in [0.1, 0.15) is 5.82 Å². The van der Waals surface area contributed by atoms with Gasteiger partial charge in [-0.15, -0.1) is 0 Å². The molecule has 0 fully saturated rings. The number of rotatable bonds is 6. The van der Waals surface area contributed by atoms with E-state index in [2.05, 4.69) is 28.1 Å². The molecule has 0 aliphatic rings. The van der Waals surface area contributed by atoms with Crippen molar-refractivity contribution in [3.63, 3.8) is 0 Å². The molecule has 0 saturated carbocycles. The minimum Gasteiger partial charge on any atom is -0.338 e. The zero-order valence-corrected chi connectivity index (χ0v) is 12.1. The Hall–Kier alpha value is -1.62. The van der Waals surface area contributed by atoms with Gasteiger partial charge in [0.05, 0.1) is 5.69 Å². The Labute approximate surface area is 114 Å². The lowest BCUT2D eigenvalue weighted by molar-refractivity contribution is 0.561. The number of hydrogen-bond donors (Lipinski definition) is 1. The van der Waals surface area contributed by atoms with Crippen LogP contribution in [-0.4, -0.2) is 19.3 Å². The van der Waals surface area contributed by atoms with Gasteiger partial charge in [-0.1, -0.05) is 13.8 Å². The second-order valence-corrected chi connectivity index (χ2v) is 4.71. The van der Waals surface area contributed by atoms with Crippen LogP contribution in [0.5, 0.6) is 0 Å². The summed E-state index contributed by atoms with van der Waals surface area (Å²) < 4.78 is 4.16. The molecule has 104 valence electrons. The topological polar surface area (TPSA) is 61.7 Å². The number of nitrogens with zero attached hydrogens (tertiary/aromatic N) is 4. The first kappa shape index (κ1) is 13.8. The van der Waals surface area contributed by atoms with E-state index in [0.717, 1.165) is 37.3 Å². The third kappa shape index (κ3) is 2.71. The smallest absolute Gasteiger partial charge is 0.110 e. The van der Waals surface area contributed by atoms with Crippen LogP contribution >= 0.6 is 0 Å². The van der Waals surface area contributed by atoms with Gasteiger partial charge in [0.15, 0.2) is 0 Å². The molecule has 5 nitrogen and oxygen atoms in total. The van der Waals surface area contributed by atoms with Gasteiger partial charge < -0.3 is 10.3 Å². The first-order chi connectivity index (χ1) is 9.21. The highest BCUT2D eigenvalue weighted by Crippen LogP contribution is 2.16. The van der Waals surface area contributed by atoms with Crippen LogP contribution in [0.3, 0.4) is 0 Å².